The highest BCUT2D eigenvalue weighted by Crippen LogP contribution is 2.48. The number of amides is 1. The zero-order valence-electron chi connectivity index (χ0n) is 9.70. The van der Waals surface area contributed by atoms with E-state index in [1.54, 1.807) is 0 Å². The fourth-order valence-corrected chi connectivity index (χ4v) is 4.14. The molecule has 0 saturated carbocycles. The van der Waals surface area contributed by atoms with Gasteiger partial charge in [0.2, 0.25) is 6.41 Å². The molecule has 1 aromatic rings. The summed E-state index contributed by atoms with van der Waals surface area (Å²) in [6, 6.07) is 7.79. The van der Waals surface area contributed by atoms with E-state index in [4.69, 9.17) is 0 Å². The first-order valence-corrected chi connectivity index (χ1v) is 7.43. The van der Waals surface area contributed by atoms with Gasteiger partial charge in [0.25, 0.3) is 0 Å². The predicted molar refractivity (Wildman–Crippen MR) is 63.9 cm³/mol. The van der Waals surface area contributed by atoms with Crippen molar-refractivity contribution in [1.29, 1.82) is 0 Å². The fraction of sp³-hybridized carbons (Fsp3) is 0.417. The Morgan fingerprint density at radius 2 is 1.94 bits per heavy atom. The van der Waals surface area contributed by atoms with Gasteiger partial charge in [-0.15, -0.1) is 0 Å². The Hall–Kier alpha value is -1.12. The largest absolute Gasteiger partial charge is 0.798 e. The van der Waals surface area contributed by atoms with Gasteiger partial charge >= 0.3 is 0 Å². The smallest absolute Gasteiger partial charge is 0.209 e. The third-order valence-corrected chi connectivity index (χ3v) is 5.50. The minimum absolute atomic E-state index is 0.171. The van der Waals surface area contributed by atoms with E-state index in [1.807, 2.05) is 24.3 Å². The molecule has 1 amide bonds. The van der Waals surface area contributed by atoms with Gasteiger partial charge in [-0.3, -0.25) is 4.79 Å². The van der Waals surface area contributed by atoms with E-state index in [0.717, 1.165) is 11.1 Å². The molecule has 0 radical (unpaired) electrons. The molecule has 4 nitrogen and oxygen atoms in total. The van der Waals surface area contributed by atoms with Crippen molar-refractivity contribution in [3.63, 3.8) is 0 Å². The van der Waals surface area contributed by atoms with E-state index in [1.165, 1.54) is 11.9 Å². The first-order valence-electron chi connectivity index (χ1n) is 5.55. The summed E-state index contributed by atoms with van der Waals surface area (Å²) in [4.78, 5) is 23.8. The summed E-state index contributed by atoms with van der Waals surface area (Å²) >= 11 is 0. The number of carbonyl (C=O) groups is 1. The maximum absolute atomic E-state index is 12.1. The normalized spacial score (nSPS) is 18.5. The Balaban J connectivity index is 2.12. The number of rotatable bonds is 4. The van der Waals surface area contributed by atoms with Crippen molar-refractivity contribution in [2.24, 2.45) is 0 Å². The molecule has 0 aliphatic heterocycles. The van der Waals surface area contributed by atoms with Crippen molar-refractivity contribution < 1.29 is 14.3 Å². The molecule has 0 N–H and O–H groups in total. The quantitative estimate of drug-likeness (QED) is 0.589. The van der Waals surface area contributed by atoms with Crippen LogP contribution >= 0.6 is 7.37 Å². The molecule has 2 rings (SSSR count). The van der Waals surface area contributed by atoms with Gasteiger partial charge < -0.3 is 14.4 Å². The SMILES string of the molecule is CN(C=O)CP(=O)([O-])C1Cc2ccccc2C1. The zero-order valence-corrected chi connectivity index (χ0v) is 10.6. The Labute approximate surface area is 101 Å². The molecule has 1 aromatic carbocycles. The molecule has 0 saturated heterocycles. The van der Waals surface area contributed by atoms with Gasteiger partial charge in [-0.05, 0) is 24.0 Å². The molecule has 1 aliphatic rings. The van der Waals surface area contributed by atoms with Gasteiger partial charge in [-0.2, -0.15) is 0 Å². The Morgan fingerprint density at radius 3 is 2.41 bits per heavy atom. The second-order valence-corrected chi connectivity index (χ2v) is 7.03. The van der Waals surface area contributed by atoms with Gasteiger partial charge in [0, 0.05) is 20.1 Å². The van der Waals surface area contributed by atoms with Crippen LogP contribution in [0, 0.1) is 0 Å². The summed E-state index contributed by atoms with van der Waals surface area (Å²) < 4.78 is 12.1. The standard InChI is InChI=1S/C12H16NO3P/c1-13(8-14)9-17(15,16)12-6-10-4-2-3-5-11(10)7-12/h2-5,8,12H,6-7,9H2,1H3,(H,15,16)/p-1. The van der Waals surface area contributed by atoms with Crippen LogP contribution in [-0.2, 0) is 22.2 Å². The average Bonchev–Trinajstić information content (AvgIpc) is 2.72. The van der Waals surface area contributed by atoms with Crippen LogP contribution in [0.1, 0.15) is 11.1 Å². The molecular weight excluding hydrogens is 237 g/mol. The third kappa shape index (κ3) is 2.59. The van der Waals surface area contributed by atoms with Crippen LogP contribution in [0.25, 0.3) is 0 Å². The number of fused-ring (bicyclic) bond motifs is 1. The Kier molecular flexibility index (Phi) is 3.36. The summed E-state index contributed by atoms with van der Waals surface area (Å²) in [6.07, 6.45) is 1.52. The van der Waals surface area contributed by atoms with Crippen molar-refractivity contribution >= 4 is 13.8 Å². The molecular formula is C12H15NO3P-. The molecule has 0 fully saturated rings. The lowest BCUT2D eigenvalue weighted by molar-refractivity contribution is -0.179. The number of hydrogen-bond acceptors (Lipinski definition) is 3. The molecule has 92 valence electrons. The summed E-state index contributed by atoms with van der Waals surface area (Å²) in [7, 11) is -2.07. The van der Waals surface area contributed by atoms with Crippen LogP contribution in [0.5, 0.6) is 0 Å². The number of hydrogen-bond donors (Lipinski definition) is 0. The molecule has 0 aromatic heterocycles. The fourth-order valence-electron chi connectivity index (χ4n) is 2.27. The summed E-state index contributed by atoms with van der Waals surface area (Å²) in [5.74, 6) is 0. The molecule has 17 heavy (non-hydrogen) atoms. The van der Waals surface area contributed by atoms with Crippen LogP contribution in [-0.4, -0.2) is 30.3 Å². The highest BCUT2D eigenvalue weighted by molar-refractivity contribution is 7.57. The molecule has 5 heteroatoms. The molecule has 1 unspecified atom stereocenters. The van der Waals surface area contributed by atoms with E-state index in [-0.39, 0.29) is 11.9 Å². The molecule has 0 bridgehead atoms. The lowest BCUT2D eigenvalue weighted by Crippen LogP contribution is -2.28. The van der Waals surface area contributed by atoms with Crippen LogP contribution in [0.2, 0.25) is 0 Å². The van der Waals surface area contributed by atoms with Crippen molar-refractivity contribution in [3.05, 3.63) is 35.4 Å². The van der Waals surface area contributed by atoms with E-state index in [0.29, 0.717) is 19.3 Å². The molecule has 1 aliphatic carbocycles. The van der Waals surface area contributed by atoms with Gasteiger partial charge in [0.1, 0.15) is 0 Å². The van der Waals surface area contributed by atoms with Crippen LogP contribution in [0.15, 0.2) is 24.3 Å². The maximum atomic E-state index is 12.1. The van der Waals surface area contributed by atoms with E-state index >= 15 is 0 Å². The summed E-state index contributed by atoms with van der Waals surface area (Å²) in [5.41, 5.74) is 1.87. The number of carbonyl (C=O) groups excluding carboxylic acids is 1. The lowest BCUT2D eigenvalue weighted by Gasteiger charge is -2.32. The van der Waals surface area contributed by atoms with Gasteiger partial charge in [0.05, 0.1) is 6.29 Å². The minimum Gasteiger partial charge on any atom is -0.798 e. The Morgan fingerprint density at radius 1 is 1.41 bits per heavy atom. The molecule has 0 heterocycles. The number of nitrogens with zero attached hydrogens (tertiary/aromatic N) is 1. The predicted octanol–water partition coefficient (Wildman–Crippen LogP) is 0.838. The lowest BCUT2D eigenvalue weighted by atomic mass is 10.1. The van der Waals surface area contributed by atoms with E-state index in [2.05, 4.69) is 0 Å². The second kappa shape index (κ2) is 4.63. The van der Waals surface area contributed by atoms with Crippen LogP contribution in [0.4, 0.5) is 0 Å². The molecule has 0 spiro atoms. The van der Waals surface area contributed by atoms with Crippen LogP contribution in [0.3, 0.4) is 0 Å². The third-order valence-electron chi connectivity index (χ3n) is 3.19. The zero-order chi connectivity index (χ0) is 12.5. The van der Waals surface area contributed by atoms with Crippen molar-refractivity contribution in [2.45, 2.75) is 18.5 Å². The maximum Gasteiger partial charge on any atom is 0.209 e. The second-order valence-electron chi connectivity index (χ2n) is 4.56. The average molecular weight is 252 g/mol. The van der Waals surface area contributed by atoms with Crippen molar-refractivity contribution in [3.8, 4) is 0 Å². The van der Waals surface area contributed by atoms with Crippen molar-refractivity contribution in [1.82, 2.24) is 4.90 Å². The van der Waals surface area contributed by atoms with Gasteiger partial charge in [-0.1, -0.05) is 24.3 Å². The minimum atomic E-state index is -3.55. The first-order chi connectivity index (χ1) is 8.03. The number of benzene rings is 1. The van der Waals surface area contributed by atoms with Crippen LogP contribution < -0.4 is 4.89 Å². The first kappa shape index (κ1) is 12.3. The van der Waals surface area contributed by atoms with Gasteiger partial charge in [-0.25, -0.2) is 0 Å². The highest BCUT2D eigenvalue weighted by Gasteiger charge is 2.29. The summed E-state index contributed by atoms with van der Waals surface area (Å²) in [6.45, 7) is 0. The van der Waals surface area contributed by atoms with E-state index in [9.17, 15) is 14.3 Å². The van der Waals surface area contributed by atoms with Gasteiger partial charge in [0.15, 0.2) is 0 Å². The summed E-state index contributed by atoms with van der Waals surface area (Å²) in [5, 5.41) is 0. The highest BCUT2D eigenvalue weighted by atomic mass is 31.2. The van der Waals surface area contributed by atoms with Crippen molar-refractivity contribution in [2.75, 3.05) is 13.3 Å². The monoisotopic (exact) mass is 252 g/mol. The van der Waals surface area contributed by atoms with E-state index < -0.39 is 7.37 Å². The Bertz CT molecular complexity index is 450. The molecule has 1 atom stereocenters. The topological polar surface area (TPSA) is 60.4 Å².